The third kappa shape index (κ3) is 3.84. The van der Waals surface area contributed by atoms with Crippen molar-refractivity contribution in [3.63, 3.8) is 0 Å². The molecule has 21 heavy (non-hydrogen) atoms. The highest BCUT2D eigenvalue weighted by Crippen LogP contribution is 2.36. The van der Waals surface area contributed by atoms with Crippen LogP contribution >= 0.6 is 15.9 Å². The third-order valence-corrected chi connectivity index (χ3v) is 3.14. The van der Waals surface area contributed by atoms with Crippen molar-refractivity contribution in [2.24, 2.45) is 0 Å². The van der Waals surface area contributed by atoms with Crippen LogP contribution in [0.3, 0.4) is 0 Å². The lowest BCUT2D eigenvalue weighted by Crippen LogP contribution is -2.10. The Bertz CT molecular complexity index is 631. The van der Waals surface area contributed by atoms with Gasteiger partial charge in [-0.15, -0.1) is 0 Å². The van der Waals surface area contributed by atoms with Crippen molar-refractivity contribution in [1.29, 1.82) is 0 Å². The quantitative estimate of drug-likeness (QED) is 0.846. The molecule has 0 aliphatic carbocycles. The molecule has 1 aromatic heterocycles. The first-order valence-corrected chi connectivity index (χ1v) is 6.90. The fourth-order valence-corrected chi connectivity index (χ4v) is 1.96. The molecule has 0 aliphatic rings. The molecule has 0 saturated heterocycles. The van der Waals surface area contributed by atoms with Gasteiger partial charge < -0.3 is 10.6 Å². The maximum absolute atomic E-state index is 13.0. The van der Waals surface area contributed by atoms with Crippen molar-refractivity contribution in [1.82, 2.24) is 9.97 Å². The SMILES string of the molecule is CCNc1ncc(Br)c(Nc2ccccc2C(F)(F)F)n1. The van der Waals surface area contributed by atoms with Crippen LogP contribution < -0.4 is 10.6 Å². The van der Waals surface area contributed by atoms with Gasteiger partial charge in [0.15, 0.2) is 0 Å². The molecule has 0 saturated carbocycles. The van der Waals surface area contributed by atoms with Crippen molar-refractivity contribution in [2.75, 3.05) is 17.2 Å². The normalized spacial score (nSPS) is 11.3. The van der Waals surface area contributed by atoms with E-state index in [1.807, 2.05) is 6.92 Å². The van der Waals surface area contributed by atoms with Crippen LogP contribution in [0, 0.1) is 0 Å². The van der Waals surface area contributed by atoms with Crippen LogP contribution in [0.5, 0.6) is 0 Å². The average Bonchev–Trinajstić information content (AvgIpc) is 2.42. The van der Waals surface area contributed by atoms with E-state index in [1.165, 1.54) is 24.4 Å². The van der Waals surface area contributed by atoms with Crippen molar-refractivity contribution < 1.29 is 13.2 Å². The molecule has 0 radical (unpaired) electrons. The summed E-state index contributed by atoms with van der Waals surface area (Å²) in [6.07, 6.45) is -2.96. The van der Waals surface area contributed by atoms with Gasteiger partial charge in [0.2, 0.25) is 5.95 Å². The van der Waals surface area contributed by atoms with E-state index in [1.54, 1.807) is 0 Å². The van der Waals surface area contributed by atoms with Gasteiger partial charge in [0.05, 0.1) is 15.7 Å². The standard InChI is InChI=1S/C13H12BrF3N4/c1-2-18-12-19-7-9(14)11(21-12)20-10-6-4-3-5-8(10)13(15,16)17/h3-7H,2H2,1H3,(H2,18,19,20,21). The number of aromatic nitrogens is 2. The number of hydrogen-bond acceptors (Lipinski definition) is 4. The van der Waals surface area contributed by atoms with Crippen molar-refractivity contribution in [3.05, 3.63) is 40.5 Å². The number of hydrogen-bond donors (Lipinski definition) is 2. The second kappa shape index (κ2) is 6.30. The van der Waals surface area contributed by atoms with Gasteiger partial charge in [-0.25, -0.2) is 4.98 Å². The van der Waals surface area contributed by atoms with Crippen LogP contribution in [-0.2, 0) is 6.18 Å². The Hall–Kier alpha value is -1.83. The molecule has 0 amide bonds. The van der Waals surface area contributed by atoms with Gasteiger partial charge in [0, 0.05) is 12.7 Å². The Kier molecular flexibility index (Phi) is 4.66. The van der Waals surface area contributed by atoms with E-state index < -0.39 is 11.7 Å². The summed E-state index contributed by atoms with van der Waals surface area (Å²) in [5, 5.41) is 5.59. The summed E-state index contributed by atoms with van der Waals surface area (Å²) in [5.74, 6) is 0.602. The summed E-state index contributed by atoms with van der Waals surface area (Å²) in [6, 6.07) is 5.23. The molecule has 1 aromatic carbocycles. The molecule has 112 valence electrons. The van der Waals surface area contributed by atoms with E-state index >= 15 is 0 Å². The van der Waals surface area contributed by atoms with E-state index in [0.29, 0.717) is 17.0 Å². The van der Waals surface area contributed by atoms with Gasteiger partial charge in [-0.05, 0) is 35.0 Å². The molecule has 4 nitrogen and oxygen atoms in total. The topological polar surface area (TPSA) is 49.8 Å². The van der Waals surface area contributed by atoms with Gasteiger partial charge in [-0.1, -0.05) is 12.1 Å². The van der Waals surface area contributed by atoms with Crippen molar-refractivity contribution in [3.8, 4) is 0 Å². The summed E-state index contributed by atoms with van der Waals surface area (Å²) in [5.41, 5.74) is -0.813. The predicted octanol–water partition coefficient (Wildman–Crippen LogP) is 4.43. The lowest BCUT2D eigenvalue weighted by Gasteiger charge is -2.15. The van der Waals surface area contributed by atoms with E-state index in [9.17, 15) is 13.2 Å². The first-order chi connectivity index (χ1) is 9.91. The second-order valence-corrected chi connectivity index (χ2v) is 4.94. The minimum atomic E-state index is -4.44. The number of nitrogens with zero attached hydrogens (tertiary/aromatic N) is 2. The fourth-order valence-electron chi connectivity index (χ4n) is 1.66. The molecule has 0 spiro atoms. The van der Waals surface area contributed by atoms with Crippen LogP contribution in [-0.4, -0.2) is 16.5 Å². The van der Waals surface area contributed by atoms with E-state index in [4.69, 9.17) is 0 Å². The molecular formula is C13H12BrF3N4. The molecule has 0 fully saturated rings. The monoisotopic (exact) mass is 360 g/mol. The first-order valence-electron chi connectivity index (χ1n) is 6.11. The number of benzene rings is 1. The number of rotatable bonds is 4. The van der Waals surface area contributed by atoms with Crippen molar-refractivity contribution >= 4 is 33.4 Å². The molecule has 8 heteroatoms. The van der Waals surface area contributed by atoms with E-state index in [0.717, 1.165) is 6.07 Å². The number of anilines is 3. The molecule has 0 unspecified atom stereocenters. The highest BCUT2D eigenvalue weighted by atomic mass is 79.9. The minimum Gasteiger partial charge on any atom is -0.354 e. The molecular weight excluding hydrogens is 349 g/mol. The van der Waals surface area contributed by atoms with Gasteiger partial charge in [0.1, 0.15) is 5.82 Å². The molecule has 0 atom stereocenters. The van der Waals surface area contributed by atoms with E-state index in [2.05, 4.69) is 36.5 Å². The molecule has 2 aromatic rings. The number of para-hydroxylation sites is 1. The highest BCUT2D eigenvalue weighted by molar-refractivity contribution is 9.10. The Labute approximate surface area is 127 Å². The molecule has 2 N–H and O–H groups in total. The van der Waals surface area contributed by atoms with Gasteiger partial charge in [0.25, 0.3) is 0 Å². The zero-order valence-electron chi connectivity index (χ0n) is 11.0. The maximum atomic E-state index is 13.0. The largest absolute Gasteiger partial charge is 0.418 e. The summed E-state index contributed by atoms with van der Waals surface area (Å²) >= 11 is 3.22. The fraction of sp³-hybridized carbons (Fsp3) is 0.231. The van der Waals surface area contributed by atoms with Crippen molar-refractivity contribution in [2.45, 2.75) is 13.1 Å². The maximum Gasteiger partial charge on any atom is 0.418 e. The average molecular weight is 361 g/mol. The zero-order valence-corrected chi connectivity index (χ0v) is 12.6. The second-order valence-electron chi connectivity index (χ2n) is 4.09. The summed E-state index contributed by atoms with van der Waals surface area (Å²) in [7, 11) is 0. The lowest BCUT2D eigenvalue weighted by atomic mass is 10.1. The van der Waals surface area contributed by atoms with Crippen LogP contribution in [0.2, 0.25) is 0 Å². The van der Waals surface area contributed by atoms with Crippen LogP contribution in [0.4, 0.5) is 30.6 Å². The van der Waals surface area contributed by atoms with Crippen LogP contribution in [0.25, 0.3) is 0 Å². The summed E-state index contributed by atoms with van der Waals surface area (Å²) < 4.78 is 39.3. The molecule has 0 aliphatic heterocycles. The molecule has 1 heterocycles. The summed E-state index contributed by atoms with van der Waals surface area (Å²) in [6.45, 7) is 2.48. The Morgan fingerprint density at radius 3 is 2.62 bits per heavy atom. The smallest absolute Gasteiger partial charge is 0.354 e. The van der Waals surface area contributed by atoms with Crippen LogP contribution in [0.15, 0.2) is 34.9 Å². The predicted molar refractivity (Wildman–Crippen MR) is 78.6 cm³/mol. The summed E-state index contributed by atoms with van der Waals surface area (Å²) in [4.78, 5) is 8.14. The Balaban J connectivity index is 2.36. The third-order valence-electron chi connectivity index (χ3n) is 2.56. The number of nitrogens with one attached hydrogen (secondary N) is 2. The zero-order chi connectivity index (χ0) is 15.5. The molecule has 0 bridgehead atoms. The van der Waals surface area contributed by atoms with Crippen LogP contribution in [0.1, 0.15) is 12.5 Å². The Morgan fingerprint density at radius 2 is 1.95 bits per heavy atom. The number of halogens is 4. The van der Waals surface area contributed by atoms with Gasteiger partial charge in [-0.2, -0.15) is 18.2 Å². The van der Waals surface area contributed by atoms with Gasteiger partial charge >= 0.3 is 6.18 Å². The lowest BCUT2D eigenvalue weighted by molar-refractivity contribution is -0.136. The first kappa shape index (κ1) is 15.6. The highest BCUT2D eigenvalue weighted by Gasteiger charge is 2.33. The van der Waals surface area contributed by atoms with Gasteiger partial charge in [-0.3, -0.25) is 0 Å². The molecule has 2 rings (SSSR count). The minimum absolute atomic E-state index is 0.0631. The number of alkyl halides is 3. The van der Waals surface area contributed by atoms with E-state index in [-0.39, 0.29) is 11.5 Å². The Morgan fingerprint density at radius 1 is 1.24 bits per heavy atom.